The highest BCUT2D eigenvalue weighted by atomic mass is 16.7. The zero-order valence-corrected chi connectivity index (χ0v) is 10.1. The monoisotopic (exact) mass is 250 g/mol. The minimum absolute atomic E-state index is 0.159. The van der Waals surface area contributed by atoms with E-state index in [2.05, 4.69) is 0 Å². The maximum atomic E-state index is 12.0. The van der Waals surface area contributed by atoms with Crippen LogP contribution in [0.5, 0.6) is 0 Å². The van der Waals surface area contributed by atoms with E-state index in [4.69, 9.17) is 9.57 Å². The second-order valence-corrected chi connectivity index (χ2v) is 4.22. The number of nitriles is 1. The molecule has 1 fully saturated rings. The third kappa shape index (κ3) is 1.87. The molecule has 0 N–H and O–H groups in total. The van der Waals surface area contributed by atoms with Crippen molar-refractivity contribution >= 4 is 11.9 Å². The summed E-state index contributed by atoms with van der Waals surface area (Å²) in [5.74, 6) is -1.10. The summed E-state index contributed by atoms with van der Waals surface area (Å²) >= 11 is 0. The number of nitrogens with zero attached hydrogens (tertiary/aromatic N) is 2. The lowest BCUT2D eigenvalue weighted by Gasteiger charge is -2.42. The van der Waals surface area contributed by atoms with Gasteiger partial charge in [-0.05, 0) is 13.3 Å². The van der Waals surface area contributed by atoms with E-state index in [1.165, 1.54) is 5.06 Å². The Labute approximate surface area is 105 Å². The molecule has 2 heterocycles. The molecule has 0 spiro atoms. The van der Waals surface area contributed by atoms with Crippen LogP contribution in [-0.2, 0) is 19.2 Å². The number of hydrogen-bond donors (Lipinski definition) is 0. The van der Waals surface area contributed by atoms with Crippen molar-refractivity contribution in [3.05, 3.63) is 12.2 Å². The largest absolute Gasteiger partial charge is 0.464 e. The van der Waals surface area contributed by atoms with Crippen molar-refractivity contribution in [3.8, 4) is 6.07 Å². The van der Waals surface area contributed by atoms with Crippen LogP contribution >= 0.6 is 0 Å². The first-order chi connectivity index (χ1) is 8.64. The molecule has 6 nitrogen and oxygen atoms in total. The fourth-order valence-corrected chi connectivity index (χ4v) is 2.19. The van der Waals surface area contributed by atoms with Gasteiger partial charge < -0.3 is 9.57 Å². The van der Waals surface area contributed by atoms with Crippen LogP contribution in [0.2, 0.25) is 0 Å². The predicted octanol–water partition coefficient (Wildman–Crippen LogP) is 0.694. The van der Waals surface area contributed by atoms with Gasteiger partial charge in [-0.1, -0.05) is 12.2 Å². The molecule has 0 bridgehead atoms. The zero-order chi connectivity index (χ0) is 13.2. The molecule has 96 valence electrons. The Morgan fingerprint density at radius 3 is 3.22 bits per heavy atom. The summed E-state index contributed by atoms with van der Waals surface area (Å²) < 4.78 is 4.93. The van der Waals surface area contributed by atoms with Crippen LogP contribution < -0.4 is 0 Å². The molecule has 0 aromatic rings. The molecule has 0 aromatic heterocycles. The highest BCUT2D eigenvalue weighted by molar-refractivity contribution is 5.85. The molecule has 0 aromatic carbocycles. The normalized spacial score (nSPS) is 31.1. The van der Waals surface area contributed by atoms with E-state index in [9.17, 15) is 14.9 Å². The number of carbonyl (C=O) groups excluding carboxylic acids is 2. The third-order valence-corrected chi connectivity index (χ3v) is 3.09. The Bertz CT molecular complexity index is 440. The van der Waals surface area contributed by atoms with E-state index in [1.807, 2.05) is 12.1 Å². The lowest BCUT2D eigenvalue weighted by Crippen LogP contribution is -2.61. The van der Waals surface area contributed by atoms with E-state index < -0.39 is 17.5 Å². The third-order valence-electron chi connectivity index (χ3n) is 3.09. The molecule has 0 radical (unpaired) electrons. The Balaban J connectivity index is 2.34. The minimum atomic E-state index is -1.55. The molecule has 0 saturated carbocycles. The number of esters is 1. The molecular weight excluding hydrogens is 236 g/mol. The lowest BCUT2D eigenvalue weighted by molar-refractivity contribution is -0.241. The average molecular weight is 250 g/mol. The van der Waals surface area contributed by atoms with Crippen LogP contribution in [0.4, 0.5) is 0 Å². The molecule has 2 unspecified atom stereocenters. The van der Waals surface area contributed by atoms with Gasteiger partial charge in [0, 0.05) is 12.8 Å². The number of ether oxygens (including phenoxy) is 1. The highest BCUT2D eigenvalue weighted by Crippen LogP contribution is 2.34. The summed E-state index contributed by atoms with van der Waals surface area (Å²) in [6.07, 6.45) is 4.60. The second kappa shape index (κ2) is 4.78. The van der Waals surface area contributed by atoms with E-state index in [1.54, 1.807) is 13.0 Å². The molecule has 2 aliphatic rings. The molecule has 2 atom stereocenters. The summed E-state index contributed by atoms with van der Waals surface area (Å²) in [6.45, 7) is 1.85. The summed E-state index contributed by atoms with van der Waals surface area (Å²) in [7, 11) is 0. The average Bonchev–Trinajstić information content (AvgIpc) is 2.38. The molecule has 2 aliphatic heterocycles. The van der Waals surface area contributed by atoms with Gasteiger partial charge in [0.25, 0.3) is 0 Å². The van der Waals surface area contributed by atoms with Crippen LogP contribution in [-0.4, -0.2) is 35.2 Å². The molecule has 0 amide bonds. The topological polar surface area (TPSA) is 79.6 Å². The summed E-state index contributed by atoms with van der Waals surface area (Å²) in [6, 6.07) is 1.71. The van der Waals surface area contributed by atoms with Gasteiger partial charge in [0.15, 0.2) is 0 Å². The Kier molecular flexibility index (Phi) is 3.34. The van der Waals surface area contributed by atoms with E-state index in [0.717, 1.165) is 0 Å². The van der Waals surface area contributed by atoms with Gasteiger partial charge >= 0.3 is 11.9 Å². The van der Waals surface area contributed by atoms with Gasteiger partial charge in [-0.2, -0.15) is 5.26 Å². The number of rotatable bonds is 2. The second-order valence-electron chi connectivity index (χ2n) is 4.22. The smallest absolute Gasteiger partial charge is 0.345 e. The standard InChI is InChI=1S/C12H14N2O4/c1-2-17-11(16)12(8-13)7-3-4-9-5-6-10(15)18-14(9)12/h3-4,9H,2,5-7H2,1H3. The van der Waals surface area contributed by atoms with Gasteiger partial charge in [-0.25, -0.2) is 4.79 Å². The van der Waals surface area contributed by atoms with Crippen LogP contribution in [0.25, 0.3) is 0 Å². The summed E-state index contributed by atoms with van der Waals surface area (Å²) in [5, 5.41) is 10.5. The summed E-state index contributed by atoms with van der Waals surface area (Å²) in [5.41, 5.74) is -1.55. The van der Waals surface area contributed by atoms with Crippen molar-refractivity contribution in [1.82, 2.24) is 5.06 Å². The van der Waals surface area contributed by atoms with Gasteiger partial charge in [0.1, 0.15) is 6.07 Å². The molecule has 0 aliphatic carbocycles. The first-order valence-electron chi connectivity index (χ1n) is 5.89. The zero-order valence-electron chi connectivity index (χ0n) is 10.1. The van der Waals surface area contributed by atoms with Crippen LogP contribution in [0.3, 0.4) is 0 Å². The SMILES string of the molecule is CCOC(=O)C1(C#N)CC=CC2CCC(=O)ON21. The quantitative estimate of drug-likeness (QED) is 0.530. The van der Waals surface area contributed by atoms with Crippen LogP contribution in [0.1, 0.15) is 26.2 Å². The van der Waals surface area contributed by atoms with E-state index >= 15 is 0 Å². The Morgan fingerprint density at radius 2 is 2.56 bits per heavy atom. The van der Waals surface area contributed by atoms with Crippen molar-refractivity contribution in [2.75, 3.05) is 6.61 Å². The van der Waals surface area contributed by atoms with Gasteiger partial charge in [-0.3, -0.25) is 4.79 Å². The first-order valence-corrected chi connectivity index (χ1v) is 5.89. The van der Waals surface area contributed by atoms with Crippen molar-refractivity contribution in [2.24, 2.45) is 0 Å². The molecular formula is C12H14N2O4. The molecule has 18 heavy (non-hydrogen) atoms. The maximum Gasteiger partial charge on any atom is 0.345 e. The minimum Gasteiger partial charge on any atom is -0.464 e. The fraction of sp³-hybridized carbons (Fsp3) is 0.583. The van der Waals surface area contributed by atoms with Gasteiger partial charge in [-0.15, -0.1) is 5.06 Å². The van der Waals surface area contributed by atoms with E-state index in [-0.39, 0.29) is 25.5 Å². The Hall–Kier alpha value is -1.87. The van der Waals surface area contributed by atoms with Crippen molar-refractivity contribution in [1.29, 1.82) is 5.26 Å². The van der Waals surface area contributed by atoms with Gasteiger partial charge in [0.05, 0.1) is 12.6 Å². The fourth-order valence-electron chi connectivity index (χ4n) is 2.19. The number of hydroxylamine groups is 2. The number of carbonyl (C=O) groups is 2. The van der Waals surface area contributed by atoms with Crippen molar-refractivity contribution in [3.63, 3.8) is 0 Å². The first kappa shape index (κ1) is 12.6. The molecule has 1 saturated heterocycles. The summed E-state index contributed by atoms with van der Waals surface area (Å²) in [4.78, 5) is 28.4. The molecule has 2 rings (SSSR count). The number of hydrogen-bond acceptors (Lipinski definition) is 6. The van der Waals surface area contributed by atoms with Crippen molar-refractivity contribution < 1.29 is 19.2 Å². The van der Waals surface area contributed by atoms with Crippen LogP contribution in [0.15, 0.2) is 12.2 Å². The molecule has 6 heteroatoms. The van der Waals surface area contributed by atoms with Crippen LogP contribution in [0, 0.1) is 11.3 Å². The van der Waals surface area contributed by atoms with Gasteiger partial charge in [0.2, 0.25) is 5.54 Å². The highest BCUT2D eigenvalue weighted by Gasteiger charge is 2.53. The maximum absolute atomic E-state index is 12.0. The number of fused-ring (bicyclic) bond motifs is 1. The van der Waals surface area contributed by atoms with Crippen molar-refractivity contribution in [2.45, 2.75) is 37.8 Å². The predicted molar refractivity (Wildman–Crippen MR) is 59.7 cm³/mol. The van der Waals surface area contributed by atoms with E-state index in [0.29, 0.717) is 6.42 Å². The Morgan fingerprint density at radius 1 is 1.78 bits per heavy atom. The lowest BCUT2D eigenvalue weighted by atomic mass is 9.89.